The normalized spacial score (nSPS) is 10.2. The van der Waals surface area contributed by atoms with Crippen molar-refractivity contribution in [2.24, 2.45) is 0 Å². The van der Waals surface area contributed by atoms with Crippen LogP contribution < -0.4 is 0 Å². The van der Waals surface area contributed by atoms with Gasteiger partial charge in [-0.3, -0.25) is 0 Å². The van der Waals surface area contributed by atoms with Crippen molar-refractivity contribution >= 4 is 0 Å². The quantitative estimate of drug-likeness (QED) is 0.675. The lowest BCUT2D eigenvalue weighted by Crippen LogP contribution is -2.01. The average molecular weight is 198 g/mol. The standard InChI is InChI=1S/C11H12F2O/c1-8(2)6-14-7-9-10(12)4-3-5-11(9)13/h3-5H,1,6-7H2,2H3. The van der Waals surface area contributed by atoms with Gasteiger partial charge in [0.2, 0.25) is 0 Å². The minimum atomic E-state index is -0.577. The molecular formula is C11H12F2O. The first-order chi connectivity index (χ1) is 6.61. The molecule has 0 N–H and O–H groups in total. The summed E-state index contributed by atoms with van der Waals surface area (Å²) < 4.78 is 31.1. The van der Waals surface area contributed by atoms with Gasteiger partial charge in [-0.15, -0.1) is 0 Å². The Morgan fingerprint density at radius 1 is 1.36 bits per heavy atom. The molecule has 0 aliphatic rings. The molecule has 0 aromatic heterocycles. The van der Waals surface area contributed by atoms with Crippen molar-refractivity contribution in [2.45, 2.75) is 13.5 Å². The lowest BCUT2D eigenvalue weighted by atomic mass is 10.2. The molecule has 1 aromatic carbocycles. The molecule has 0 atom stereocenters. The van der Waals surface area contributed by atoms with Crippen molar-refractivity contribution in [1.29, 1.82) is 0 Å². The summed E-state index contributed by atoms with van der Waals surface area (Å²) in [6, 6.07) is 3.75. The van der Waals surface area contributed by atoms with Gasteiger partial charge in [0, 0.05) is 5.56 Å². The van der Waals surface area contributed by atoms with Crippen LogP contribution in [0.1, 0.15) is 12.5 Å². The van der Waals surface area contributed by atoms with Crippen LogP contribution in [0, 0.1) is 11.6 Å². The lowest BCUT2D eigenvalue weighted by molar-refractivity contribution is 0.137. The molecule has 0 aliphatic heterocycles. The fourth-order valence-electron chi connectivity index (χ4n) is 0.998. The summed E-state index contributed by atoms with van der Waals surface area (Å²) in [4.78, 5) is 0. The van der Waals surface area contributed by atoms with E-state index >= 15 is 0 Å². The predicted octanol–water partition coefficient (Wildman–Crippen LogP) is 3.06. The van der Waals surface area contributed by atoms with Crippen LogP contribution in [0.15, 0.2) is 30.4 Å². The summed E-state index contributed by atoms with van der Waals surface area (Å²) in [5.74, 6) is -1.15. The highest BCUT2D eigenvalue weighted by Crippen LogP contribution is 2.13. The second-order valence-electron chi connectivity index (χ2n) is 3.15. The van der Waals surface area contributed by atoms with Gasteiger partial charge in [0.1, 0.15) is 11.6 Å². The molecule has 14 heavy (non-hydrogen) atoms. The zero-order valence-corrected chi connectivity index (χ0v) is 8.02. The molecule has 0 amide bonds. The van der Waals surface area contributed by atoms with E-state index in [0.29, 0.717) is 6.61 Å². The van der Waals surface area contributed by atoms with Crippen molar-refractivity contribution in [2.75, 3.05) is 6.61 Å². The van der Waals surface area contributed by atoms with E-state index in [2.05, 4.69) is 6.58 Å². The Hall–Kier alpha value is -1.22. The van der Waals surface area contributed by atoms with Gasteiger partial charge < -0.3 is 4.74 Å². The highest BCUT2D eigenvalue weighted by atomic mass is 19.1. The second-order valence-corrected chi connectivity index (χ2v) is 3.15. The summed E-state index contributed by atoms with van der Waals surface area (Å²) in [7, 11) is 0. The molecule has 0 bridgehead atoms. The smallest absolute Gasteiger partial charge is 0.131 e. The van der Waals surface area contributed by atoms with Gasteiger partial charge >= 0.3 is 0 Å². The maximum absolute atomic E-state index is 13.0. The first-order valence-electron chi connectivity index (χ1n) is 4.26. The minimum Gasteiger partial charge on any atom is -0.372 e. The number of hydrogen-bond donors (Lipinski definition) is 0. The molecular weight excluding hydrogens is 186 g/mol. The van der Waals surface area contributed by atoms with Crippen LogP contribution >= 0.6 is 0 Å². The summed E-state index contributed by atoms with van der Waals surface area (Å²) in [6.07, 6.45) is 0. The number of halogens is 2. The molecule has 1 aromatic rings. The SMILES string of the molecule is C=C(C)COCc1c(F)cccc1F. The van der Waals surface area contributed by atoms with E-state index in [-0.39, 0.29) is 12.2 Å². The Labute approximate surface area is 82.0 Å². The van der Waals surface area contributed by atoms with Crippen LogP contribution in [0.25, 0.3) is 0 Å². The van der Waals surface area contributed by atoms with E-state index in [1.165, 1.54) is 18.2 Å². The van der Waals surface area contributed by atoms with E-state index in [1.807, 2.05) is 0 Å². The van der Waals surface area contributed by atoms with Crippen molar-refractivity contribution in [3.63, 3.8) is 0 Å². The number of benzene rings is 1. The summed E-state index contributed by atoms with van der Waals surface area (Å²) >= 11 is 0. The molecule has 0 radical (unpaired) electrons. The Bertz CT molecular complexity index is 314. The van der Waals surface area contributed by atoms with Gasteiger partial charge in [0.25, 0.3) is 0 Å². The molecule has 0 spiro atoms. The van der Waals surface area contributed by atoms with Crippen molar-refractivity contribution in [3.05, 3.63) is 47.5 Å². The molecule has 0 heterocycles. The summed E-state index contributed by atoms with van der Waals surface area (Å²) in [6.45, 7) is 5.66. The van der Waals surface area contributed by atoms with Crippen LogP contribution in [0.4, 0.5) is 8.78 Å². The van der Waals surface area contributed by atoms with E-state index in [0.717, 1.165) is 5.57 Å². The largest absolute Gasteiger partial charge is 0.372 e. The van der Waals surface area contributed by atoms with Gasteiger partial charge in [-0.1, -0.05) is 18.2 Å². The zero-order chi connectivity index (χ0) is 10.6. The summed E-state index contributed by atoms with van der Waals surface area (Å²) in [5.41, 5.74) is 0.787. The number of ether oxygens (including phenoxy) is 1. The highest BCUT2D eigenvalue weighted by molar-refractivity contribution is 5.18. The first kappa shape index (κ1) is 10.9. The fraction of sp³-hybridized carbons (Fsp3) is 0.273. The van der Waals surface area contributed by atoms with Crippen LogP contribution in [0.2, 0.25) is 0 Å². The van der Waals surface area contributed by atoms with Crippen LogP contribution in [0.5, 0.6) is 0 Å². The van der Waals surface area contributed by atoms with Crippen molar-refractivity contribution in [1.82, 2.24) is 0 Å². The third-order valence-electron chi connectivity index (χ3n) is 1.66. The second kappa shape index (κ2) is 4.86. The van der Waals surface area contributed by atoms with Gasteiger partial charge in [0.15, 0.2) is 0 Å². The maximum atomic E-state index is 13.0. The Morgan fingerprint density at radius 3 is 2.43 bits per heavy atom. The molecule has 76 valence electrons. The van der Waals surface area contributed by atoms with E-state index < -0.39 is 11.6 Å². The van der Waals surface area contributed by atoms with E-state index in [1.54, 1.807) is 6.92 Å². The van der Waals surface area contributed by atoms with Crippen LogP contribution in [-0.4, -0.2) is 6.61 Å². The van der Waals surface area contributed by atoms with Gasteiger partial charge in [-0.2, -0.15) is 0 Å². The number of hydrogen-bond acceptors (Lipinski definition) is 1. The Morgan fingerprint density at radius 2 is 1.93 bits per heavy atom. The summed E-state index contributed by atoms with van der Waals surface area (Å²) in [5, 5.41) is 0. The Kier molecular flexibility index (Phi) is 3.77. The molecule has 1 rings (SSSR count). The monoisotopic (exact) mass is 198 g/mol. The highest BCUT2D eigenvalue weighted by Gasteiger charge is 2.07. The minimum absolute atomic E-state index is 0.0336. The first-order valence-corrected chi connectivity index (χ1v) is 4.26. The van der Waals surface area contributed by atoms with E-state index in [9.17, 15) is 8.78 Å². The number of rotatable bonds is 4. The molecule has 1 nitrogen and oxygen atoms in total. The van der Waals surface area contributed by atoms with Gasteiger partial charge in [-0.05, 0) is 19.1 Å². The molecule has 0 fully saturated rings. The van der Waals surface area contributed by atoms with E-state index in [4.69, 9.17) is 4.74 Å². The zero-order valence-electron chi connectivity index (χ0n) is 8.02. The van der Waals surface area contributed by atoms with Crippen LogP contribution in [-0.2, 0) is 11.3 Å². The van der Waals surface area contributed by atoms with Crippen LogP contribution in [0.3, 0.4) is 0 Å². The van der Waals surface area contributed by atoms with Crippen molar-refractivity contribution in [3.8, 4) is 0 Å². The molecule has 3 heteroatoms. The van der Waals surface area contributed by atoms with Gasteiger partial charge in [0.05, 0.1) is 13.2 Å². The fourth-order valence-corrected chi connectivity index (χ4v) is 0.998. The Balaban J connectivity index is 2.62. The third kappa shape index (κ3) is 2.92. The molecule has 0 saturated heterocycles. The predicted molar refractivity (Wildman–Crippen MR) is 50.8 cm³/mol. The average Bonchev–Trinajstić information content (AvgIpc) is 2.09. The molecule has 0 aliphatic carbocycles. The van der Waals surface area contributed by atoms with Gasteiger partial charge in [-0.25, -0.2) is 8.78 Å². The molecule has 0 unspecified atom stereocenters. The van der Waals surface area contributed by atoms with Crippen molar-refractivity contribution < 1.29 is 13.5 Å². The lowest BCUT2D eigenvalue weighted by Gasteiger charge is -2.05. The third-order valence-corrected chi connectivity index (χ3v) is 1.66. The maximum Gasteiger partial charge on any atom is 0.131 e. The molecule has 0 saturated carbocycles. The topological polar surface area (TPSA) is 9.23 Å².